The first kappa shape index (κ1) is 23.5. The minimum atomic E-state index is -4.78. The van der Waals surface area contributed by atoms with Gasteiger partial charge in [0.15, 0.2) is 0 Å². The van der Waals surface area contributed by atoms with Crippen LogP contribution in [0.25, 0.3) is 0 Å². The van der Waals surface area contributed by atoms with Crippen LogP contribution in [-0.4, -0.2) is 49.8 Å². The molecule has 11 heteroatoms. The molecule has 0 unspecified atom stereocenters. The molecule has 1 aromatic heterocycles. The molecule has 0 radical (unpaired) electrons. The Morgan fingerprint density at radius 1 is 1.00 bits per heavy atom. The molecule has 0 saturated carbocycles. The molecule has 0 spiro atoms. The maximum atomic E-state index is 13.3. The van der Waals surface area contributed by atoms with E-state index in [2.05, 4.69) is 15.2 Å². The van der Waals surface area contributed by atoms with Crippen molar-refractivity contribution in [1.29, 1.82) is 0 Å². The first-order chi connectivity index (χ1) is 15.7. The Bertz CT molecular complexity index is 1090. The molecule has 3 heterocycles. The van der Waals surface area contributed by atoms with Crippen molar-refractivity contribution in [3.63, 3.8) is 0 Å². The molecule has 0 aliphatic carbocycles. The van der Waals surface area contributed by atoms with Crippen LogP contribution in [-0.2, 0) is 21.0 Å². The highest BCUT2D eigenvalue weighted by Gasteiger charge is 2.40. The van der Waals surface area contributed by atoms with Crippen LogP contribution in [0, 0.1) is 5.92 Å². The molecule has 2 fully saturated rings. The van der Waals surface area contributed by atoms with Crippen molar-refractivity contribution >= 4 is 27.4 Å². The summed E-state index contributed by atoms with van der Waals surface area (Å²) in [5, 5.41) is 2.81. The van der Waals surface area contributed by atoms with E-state index in [-0.39, 0.29) is 31.8 Å². The van der Waals surface area contributed by atoms with Crippen molar-refractivity contribution in [1.82, 2.24) is 9.29 Å². The Kier molecular flexibility index (Phi) is 6.62. The normalized spacial score (nSPS) is 18.5. The van der Waals surface area contributed by atoms with Crippen LogP contribution in [0.5, 0.6) is 0 Å². The molecule has 33 heavy (non-hydrogen) atoms. The van der Waals surface area contributed by atoms with Gasteiger partial charge in [-0.3, -0.25) is 4.79 Å². The van der Waals surface area contributed by atoms with E-state index in [1.54, 1.807) is 12.3 Å². The SMILES string of the molecule is O=C(Nc1ccc(N2CCCC2)nc1)C1CCN(S(=O)(=O)c2ccccc2C(F)(F)F)CC1. The fourth-order valence-corrected chi connectivity index (χ4v) is 5.94. The number of amides is 1. The summed E-state index contributed by atoms with van der Waals surface area (Å²) in [5.74, 6) is 0.175. The highest BCUT2D eigenvalue weighted by molar-refractivity contribution is 7.89. The number of sulfonamides is 1. The van der Waals surface area contributed by atoms with Crippen LogP contribution in [0.2, 0.25) is 0 Å². The summed E-state index contributed by atoms with van der Waals surface area (Å²) in [4.78, 5) is 18.5. The van der Waals surface area contributed by atoms with Crippen molar-refractivity contribution in [2.45, 2.75) is 36.8 Å². The van der Waals surface area contributed by atoms with E-state index < -0.39 is 32.6 Å². The van der Waals surface area contributed by atoms with E-state index in [0.29, 0.717) is 5.69 Å². The number of piperidine rings is 1. The quantitative estimate of drug-likeness (QED) is 0.702. The topological polar surface area (TPSA) is 82.6 Å². The number of aromatic nitrogens is 1. The third kappa shape index (κ3) is 5.14. The number of nitrogens with one attached hydrogen (secondary N) is 1. The molecule has 0 atom stereocenters. The minimum absolute atomic E-state index is 0.0290. The van der Waals surface area contributed by atoms with Crippen molar-refractivity contribution < 1.29 is 26.4 Å². The Balaban J connectivity index is 1.37. The summed E-state index contributed by atoms with van der Waals surface area (Å²) in [6, 6.07) is 7.79. The lowest BCUT2D eigenvalue weighted by Gasteiger charge is -2.31. The van der Waals surface area contributed by atoms with Gasteiger partial charge in [-0.15, -0.1) is 0 Å². The monoisotopic (exact) mass is 482 g/mol. The van der Waals surface area contributed by atoms with Crippen molar-refractivity contribution in [2.24, 2.45) is 5.92 Å². The second-order valence-corrected chi connectivity index (χ2v) is 10.2. The zero-order valence-corrected chi connectivity index (χ0v) is 18.7. The summed E-state index contributed by atoms with van der Waals surface area (Å²) in [7, 11) is -4.33. The molecule has 178 valence electrons. The number of alkyl halides is 3. The van der Waals surface area contributed by atoms with Gasteiger partial charge in [-0.1, -0.05) is 12.1 Å². The largest absolute Gasteiger partial charge is 0.417 e. The van der Waals surface area contributed by atoms with E-state index in [4.69, 9.17) is 0 Å². The highest BCUT2D eigenvalue weighted by Crippen LogP contribution is 2.36. The number of nitrogens with zero attached hydrogens (tertiary/aromatic N) is 3. The third-order valence-corrected chi connectivity index (χ3v) is 8.04. The van der Waals surface area contributed by atoms with Crippen LogP contribution >= 0.6 is 0 Å². The van der Waals surface area contributed by atoms with Gasteiger partial charge >= 0.3 is 6.18 Å². The second-order valence-electron chi connectivity index (χ2n) is 8.26. The molecular weight excluding hydrogens is 457 g/mol. The van der Waals surface area contributed by atoms with Crippen LogP contribution in [0.1, 0.15) is 31.2 Å². The lowest BCUT2D eigenvalue weighted by Crippen LogP contribution is -2.41. The number of halogens is 3. The van der Waals surface area contributed by atoms with Crippen molar-refractivity contribution in [3.05, 3.63) is 48.2 Å². The van der Waals surface area contributed by atoms with E-state index in [0.717, 1.165) is 54.3 Å². The van der Waals surface area contributed by atoms with E-state index in [1.165, 1.54) is 6.07 Å². The van der Waals surface area contributed by atoms with Gasteiger partial charge in [-0.2, -0.15) is 17.5 Å². The first-order valence-electron chi connectivity index (χ1n) is 10.8. The standard InChI is InChI=1S/C22H25F3N4O3S/c23-22(24,25)18-5-1-2-6-19(18)33(31,32)29-13-9-16(10-14-29)21(30)27-17-7-8-20(26-15-17)28-11-3-4-12-28/h1-2,5-8,15-16H,3-4,9-14H2,(H,27,30). The zero-order valence-electron chi connectivity index (χ0n) is 17.9. The molecule has 2 aliphatic rings. The van der Waals surface area contributed by atoms with Crippen molar-refractivity contribution in [3.8, 4) is 0 Å². The predicted molar refractivity (Wildman–Crippen MR) is 117 cm³/mol. The zero-order chi connectivity index (χ0) is 23.6. The molecule has 2 aromatic rings. The second kappa shape index (κ2) is 9.30. The lowest BCUT2D eigenvalue weighted by molar-refractivity contribution is -0.139. The maximum Gasteiger partial charge on any atom is 0.417 e. The molecule has 2 aliphatic heterocycles. The molecule has 7 nitrogen and oxygen atoms in total. The lowest BCUT2D eigenvalue weighted by atomic mass is 9.97. The van der Waals surface area contributed by atoms with Gasteiger partial charge in [0.2, 0.25) is 15.9 Å². The van der Waals surface area contributed by atoms with Gasteiger partial charge in [0.25, 0.3) is 0 Å². The smallest absolute Gasteiger partial charge is 0.357 e. The molecule has 0 bridgehead atoms. The van der Waals surface area contributed by atoms with Crippen LogP contribution in [0.15, 0.2) is 47.5 Å². The molecule has 4 rings (SSSR count). The highest BCUT2D eigenvalue weighted by atomic mass is 32.2. The Morgan fingerprint density at radius 2 is 1.67 bits per heavy atom. The first-order valence-corrected chi connectivity index (χ1v) is 12.3. The molecular formula is C22H25F3N4O3S. The van der Waals surface area contributed by atoms with Crippen LogP contribution < -0.4 is 10.2 Å². The summed E-state index contributed by atoms with van der Waals surface area (Å²) < 4.78 is 66.6. The number of pyridine rings is 1. The van der Waals surface area contributed by atoms with Gasteiger partial charge in [-0.25, -0.2) is 13.4 Å². The van der Waals surface area contributed by atoms with Gasteiger partial charge in [0.1, 0.15) is 5.82 Å². The number of rotatable bonds is 5. The molecule has 1 amide bonds. The summed E-state index contributed by atoms with van der Waals surface area (Å²) in [5.41, 5.74) is -0.633. The summed E-state index contributed by atoms with van der Waals surface area (Å²) >= 11 is 0. The van der Waals surface area contributed by atoms with Crippen LogP contribution in [0.3, 0.4) is 0 Å². The minimum Gasteiger partial charge on any atom is -0.357 e. The van der Waals surface area contributed by atoms with Gasteiger partial charge in [0.05, 0.1) is 22.3 Å². The number of carbonyl (C=O) groups is 1. The van der Waals surface area contributed by atoms with Gasteiger partial charge < -0.3 is 10.2 Å². The van der Waals surface area contributed by atoms with Gasteiger partial charge in [-0.05, 0) is 49.9 Å². The Morgan fingerprint density at radius 3 is 2.27 bits per heavy atom. The average Bonchev–Trinajstić information content (AvgIpc) is 3.34. The van der Waals surface area contributed by atoms with Gasteiger partial charge in [0, 0.05) is 32.1 Å². The Hall–Kier alpha value is -2.66. The summed E-state index contributed by atoms with van der Waals surface area (Å²) in [6.07, 6.45) is -0.469. The fraction of sp³-hybridized carbons (Fsp3) is 0.455. The molecule has 1 aromatic carbocycles. The fourth-order valence-electron chi connectivity index (χ4n) is 4.26. The number of anilines is 2. The van der Waals surface area contributed by atoms with E-state index in [9.17, 15) is 26.4 Å². The Labute approximate surface area is 190 Å². The van der Waals surface area contributed by atoms with E-state index >= 15 is 0 Å². The third-order valence-electron chi connectivity index (χ3n) is 6.08. The molecule has 2 saturated heterocycles. The number of hydrogen-bond acceptors (Lipinski definition) is 5. The average molecular weight is 483 g/mol. The number of carbonyl (C=O) groups excluding carboxylic acids is 1. The van der Waals surface area contributed by atoms with E-state index in [1.807, 2.05) is 6.07 Å². The summed E-state index contributed by atoms with van der Waals surface area (Å²) in [6.45, 7) is 1.87. The number of benzene rings is 1. The number of hydrogen-bond donors (Lipinski definition) is 1. The van der Waals surface area contributed by atoms with Crippen molar-refractivity contribution in [2.75, 3.05) is 36.4 Å². The predicted octanol–water partition coefficient (Wildman–Crippen LogP) is 3.74. The maximum absolute atomic E-state index is 13.3. The molecule has 1 N–H and O–H groups in total. The van der Waals surface area contributed by atoms with Crippen LogP contribution in [0.4, 0.5) is 24.7 Å².